The standard InChI is InChI=1S/C14H17N3O/c1-10(2)18-12-5-3-4-11(8-12)14(15)13-6-7-16-9-17-13/h3-10,14H,15H2,1-2H3. The summed E-state index contributed by atoms with van der Waals surface area (Å²) in [6.45, 7) is 3.99. The maximum absolute atomic E-state index is 6.17. The van der Waals surface area contributed by atoms with E-state index in [0.717, 1.165) is 17.0 Å². The normalized spacial score (nSPS) is 12.4. The minimum atomic E-state index is -0.260. The molecular weight excluding hydrogens is 226 g/mol. The molecule has 4 nitrogen and oxygen atoms in total. The third kappa shape index (κ3) is 3.05. The average Bonchev–Trinajstić information content (AvgIpc) is 2.38. The van der Waals surface area contributed by atoms with E-state index in [1.807, 2.05) is 44.2 Å². The second kappa shape index (κ2) is 5.60. The van der Waals surface area contributed by atoms with Crippen molar-refractivity contribution >= 4 is 0 Å². The molecule has 2 aromatic rings. The Morgan fingerprint density at radius 2 is 2.06 bits per heavy atom. The molecule has 0 spiro atoms. The van der Waals surface area contributed by atoms with Crippen molar-refractivity contribution in [1.82, 2.24) is 9.97 Å². The summed E-state index contributed by atoms with van der Waals surface area (Å²) in [5.41, 5.74) is 7.95. The quantitative estimate of drug-likeness (QED) is 0.895. The molecule has 2 rings (SSSR count). The maximum atomic E-state index is 6.17. The molecule has 1 aromatic carbocycles. The third-order valence-electron chi connectivity index (χ3n) is 2.51. The predicted molar refractivity (Wildman–Crippen MR) is 70.3 cm³/mol. The van der Waals surface area contributed by atoms with Crippen molar-refractivity contribution in [2.24, 2.45) is 5.73 Å². The fourth-order valence-electron chi connectivity index (χ4n) is 1.71. The van der Waals surface area contributed by atoms with Crippen molar-refractivity contribution in [2.45, 2.75) is 26.0 Å². The van der Waals surface area contributed by atoms with Crippen molar-refractivity contribution in [3.8, 4) is 5.75 Å². The van der Waals surface area contributed by atoms with Crippen molar-refractivity contribution in [3.63, 3.8) is 0 Å². The number of ether oxygens (including phenoxy) is 1. The zero-order valence-corrected chi connectivity index (χ0v) is 10.6. The van der Waals surface area contributed by atoms with Crippen LogP contribution in [0.4, 0.5) is 0 Å². The molecule has 0 saturated heterocycles. The van der Waals surface area contributed by atoms with Gasteiger partial charge in [0, 0.05) is 6.20 Å². The van der Waals surface area contributed by atoms with E-state index < -0.39 is 0 Å². The number of benzene rings is 1. The van der Waals surface area contributed by atoms with Gasteiger partial charge < -0.3 is 10.5 Å². The number of hydrogen-bond donors (Lipinski definition) is 1. The van der Waals surface area contributed by atoms with E-state index in [1.165, 1.54) is 6.33 Å². The lowest BCUT2D eigenvalue weighted by molar-refractivity contribution is 0.242. The lowest BCUT2D eigenvalue weighted by Gasteiger charge is -2.14. The van der Waals surface area contributed by atoms with Gasteiger partial charge in [-0.05, 0) is 37.6 Å². The molecule has 0 amide bonds. The molecule has 1 heterocycles. The molecule has 0 aliphatic rings. The van der Waals surface area contributed by atoms with E-state index in [2.05, 4.69) is 9.97 Å². The van der Waals surface area contributed by atoms with Crippen LogP contribution in [0.1, 0.15) is 31.1 Å². The van der Waals surface area contributed by atoms with Crippen LogP contribution in [0.5, 0.6) is 5.75 Å². The lowest BCUT2D eigenvalue weighted by atomic mass is 10.0. The van der Waals surface area contributed by atoms with Gasteiger partial charge in [0.2, 0.25) is 0 Å². The molecular formula is C14H17N3O. The monoisotopic (exact) mass is 243 g/mol. The van der Waals surface area contributed by atoms with E-state index >= 15 is 0 Å². The molecule has 1 atom stereocenters. The first-order valence-corrected chi connectivity index (χ1v) is 5.95. The molecule has 0 saturated carbocycles. The number of aromatic nitrogens is 2. The topological polar surface area (TPSA) is 61.0 Å². The molecule has 94 valence electrons. The molecule has 0 bridgehead atoms. The highest BCUT2D eigenvalue weighted by molar-refractivity contribution is 5.34. The van der Waals surface area contributed by atoms with E-state index in [4.69, 9.17) is 10.5 Å². The van der Waals surface area contributed by atoms with Crippen LogP contribution in [0, 0.1) is 0 Å². The molecule has 0 radical (unpaired) electrons. The summed E-state index contributed by atoms with van der Waals surface area (Å²) in [6, 6.07) is 9.35. The van der Waals surface area contributed by atoms with Gasteiger partial charge in [-0.25, -0.2) is 9.97 Å². The van der Waals surface area contributed by atoms with Crippen LogP contribution in [0.15, 0.2) is 42.9 Å². The van der Waals surface area contributed by atoms with Crippen molar-refractivity contribution in [3.05, 3.63) is 54.1 Å². The zero-order valence-electron chi connectivity index (χ0n) is 10.6. The SMILES string of the molecule is CC(C)Oc1cccc(C(N)c2ccncn2)c1. The summed E-state index contributed by atoms with van der Waals surface area (Å²) < 4.78 is 5.65. The summed E-state index contributed by atoms with van der Waals surface area (Å²) >= 11 is 0. The predicted octanol–water partition coefficient (Wildman–Crippen LogP) is 2.31. The van der Waals surface area contributed by atoms with Gasteiger partial charge in [-0.2, -0.15) is 0 Å². The number of hydrogen-bond acceptors (Lipinski definition) is 4. The van der Waals surface area contributed by atoms with E-state index in [9.17, 15) is 0 Å². The molecule has 1 aromatic heterocycles. The van der Waals surface area contributed by atoms with Crippen LogP contribution in [0.25, 0.3) is 0 Å². The fourth-order valence-corrected chi connectivity index (χ4v) is 1.71. The highest BCUT2D eigenvalue weighted by atomic mass is 16.5. The van der Waals surface area contributed by atoms with Gasteiger partial charge in [-0.3, -0.25) is 0 Å². The van der Waals surface area contributed by atoms with Gasteiger partial charge in [0.15, 0.2) is 0 Å². The highest BCUT2D eigenvalue weighted by Crippen LogP contribution is 2.22. The van der Waals surface area contributed by atoms with Crippen LogP contribution >= 0.6 is 0 Å². The minimum absolute atomic E-state index is 0.149. The van der Waals surface area contributed by atoms with Crippen LogP contribution in [-0.4, -0.2) is 16.1 Å². The number of nitrogens with two attached hydrogens (primary N) is 1. The fraction of sp³-hybridized carbons (Fsp3) is 0.286. The van der Waals surface area contributed by atoms with Gasteiger partial charge in [0.25, 0.3) is 0 Å². The zero-order chi connectivity index (χ0) is 13.0. The number of rotatable bonds is 4. The Labute approximate surface area is 107 Å². The lowest BCUT2D eigenvalue weighted by Crippen LogP contribution is -2.14. The molecule has 1 unspecified atom stereocenters. The minimum Gasteiger partial charge on any atom is -0.491 e. The van der Waals surface area contributed by atoms with Crippen molar-refractivity contribution in [1.29, 1.82) is 0 Å². The molecule has 0 aliphatic heterocycles. The second-order valence-corrected chi connectivity index (χ2v) is 4.35. The first kappa shape index (κ1) is 12.5. The van der Waals surface area contributed by atoms with Gasteiger partial charge in [0.05, 0.1) is 17.8 Å². The van der Waals surface area contributed by atoms with Gasteiger partial charge >= 0.3 is 0 Å². The Morgan fingerprint density at radius 1 is 1.22 bits per heavy atom. The van der Waals surface area contributed by atoms with E-state index in [-0.39, 0.29) is 12.1 Å². The van der Waals surface area contributed by atoms with Crippen LogP contribution < -0.4 is 10.5 Å². The van der Waals surface area contributed by atoms with Crippen molar-refractivity contribution < 1.29 is 4.74 Å². The Balaban J connectivity index is 2.23. The highest BCUT2D eigenvalue weighted by Gasteiger charge is 2.11. The van der Waals surface area contributed by atoms with Gasteiger partial charge in [0.1, 0.15) is 12.1 Å². The van der Waals surface area contributed by atoms with Crippen LogP contribution in [-0.2, 0) is 0 Å². The Bertz CT molecular complexity index is 499. The van der Waals surface area contributed by atoms with E-state index in [1.54, 1.807) is 6.20 Å². The van der Waals surface area contributed by atoms with Gasteiger partial charge in [-0.15, -0.1) is 0 Å². The smallest absolute Gasteiger partial charge is 0.120 e. The van der Waals surface area contributed by atoms with Crippen molar-refractivity contribution in [2.75, 3.05) is 0 Å². The molecule has 4 heteroatoms. The third-order valence-corrected chi connectivity index (χ3v) is 2.51. The summed E-state index contributed by atoms with van der Waals surface area (Å²) in [4.78, 5) is 8.06. The summed E-state index contributed by atoms with van der Waals surface area (Å²) in [7, 11) is 0. The van der Waals surface area contributed by atoms with Crippen LogP contribution in [0.3, 0.4) is 0 Å². The number of nitrogens with zero attached hydrogens (tertiary/aromatic N) is 2. The molecule has 0 fully saturated rings. The Kier molecular flexibility index (Phi) is 3.89. The van der Waals surface area contributed by atoms with E-state index in [0.29, 0.717) is 0 Å². The van der Waals surface area contributed by atoms with Crippen LogP contribution in [0.2, 0.25) is 0 Å². The first-order valence-electron chi connectivity index (χ1n) is 5.95. The first-order chi connectivity index (χ1) is 8.66. The molecule has 0 aliphatic carbocycles. The summed E-state index contributed by atoms with van der Waals surface area (Å²) in [6.07, 6.45) is 3.34. The largest absolute Gasteiger partial charge is 0.491 e. The Morgan fingerprint density at radius 3 is 2.72 bits per heavy atom. The Hall–Kier alpha value is -1.94. The van der Waals surface area contributed by atoms with Gasteiger partial charge in [-0.1, -0.05) is 12.1 Å². The molecule has 2 N–H and O–H groups in total. The molecule has 18 heavy (non-hydrogen) atoms. The average molecular weight is 243 g/mol. The summed E-state index contributed by atoms with van der Waals surface area (Å²) in [5.74, 6) is 0.826. The maximum Gasteiger partial charge on any atom is 0.120 e. The summed E-state index contributed by atoms with van der Waals surface area (Å²) in [5, 5.41) is 0. The second-order valence-electron chi connectivity index (χ2n) is 4.35.